The Morgan fingerprint density at radius 3 is 2.65 bits per heavy atom. The van der Waals surface area contributed by atoms with Gasteiger partial charge >= 0.3 is 0 Å². The van der Waals surface area contributed by atoms with Gasteiger partial charge in [-0.2, -0.15) is 0 Å². The van der Waals surface area contributed by atoms with E-state index in [1.54, 1.807) is 12.1 Å². The predicted octanol–water partition coefficient (Wildman–Crippen LogP) is 3.72. The number of nitro benzene ring substituents is 1. The van der Waals surface area contributed by atoms with Gasteiger partial charge in [0.15, 0.2) is 0 Å². The van der Waals surface area contributed by atoms with Crippen molar-refractivity contribution in [1.82, 2.24) is 0 Å². The van der Waals surface area contributed by atoms with Crippen molar-refractivity contribution in [2.75, 3.05) is 11.9 Å². The molecular weight excluding hydrogens is 284 g/mol. The van der Waals surface area contributed by atoms with Crippen LogP contribution in [0.3, 0.4) is 0 Å². The smallest absolute Gasteiger partial charge is 0.269 e. The number of nitro groups is 1. The standard InChI is InChI=1S/C12H17BrN2O2/c1-4-9(2)14(3)12-6-5-11(15(16)17)7-10(12)8-13/h5-7,9H,4,8H2,1-3H3. The van der Waals surface area contributed by atoms with E-state index in [0.717, 1.165) is 17.7 Å². The van der Waals surface area contributed by atoms with Gasteiger partial charge in [-0.25, -0.2) is 0 Å². The Balaban J connectivity index is 3.12. The van der Waals surface area contributed by atoms with Crippen LogP contribution in [0.4, 0.5) is 11.4 Å². The third-order valence-corrected chi connectivity index (χ3v) is 3.65. The molecule has 0 spiro atoms. The normalized spacial score (nSPS) is 12.2. The van der Waals surface area contributed by atoms with E-state index in [2.05, 4.69) is 34.7 Å². The Hall–Kier alpha value is -1.10. The number of non-ortho nitro benzene ring substituents is 1. The van der Waals surface area contributed by atoms with Crippen LogP contribution in [0.15, 0.2) is 18.2 Å². The molecule has 0 heterocycles. The van der Waals surface area contributed by atoms with Crippen LogP contribution in [0.1, 0.15) is 25.8 Å². The highest BCUT2D eigenvalue weighted by Crippen LogP contribution is 2.28. The first-order chi connectivity index (χ1) is 8.01. The summed E-state index contributed by atoms with van der Waals surface area (Å²) in [6, 6.07) is 5.42. The quantitative estimate of drug-likeness (QED) is 0.473. The van der Waals surface area contributed by atoms with Crippen molar-refractivity contribution < 1.29 is 4.92 Å². The zero-order valence-corrected chi connectivity index (χ0v) is 11.9. The lowest BCUT2D eigenvalue weighted by Crippen LogP contribution is -2.28. The first kappa shape index (κ1) is 14.0. The van der Waals surface area contributed by atoms with Crippen LogP contribution in [0.25, 0.3) is 0 Å². The second kappa shape index (κ2) is 6.00. The third-order valence-electron chi connectivity index (χ3n) is 3.05. The molecule has 0 radical (unpaired) electrons. The van der Waals surface area contributed by atoms with E-state index in [9.17, 15) is 10.1 Å². The summed E-state index contributed by atoms with van der Waals surface area (Å²) in [4.78, 5) is 12.5. The molecule has 1 rings (SSSR count). The van der Waals surface area contributed by atoms with Gasteiger partial charge in [-0.05, 0) is 25.0 Å². The van der Waals surface area contributed by atoms with E-state index in [0.29, 0.717) is 11.4 Å². The van der Waals surface area contributed by atoms with Crippen LogP contribution < -0.4 is 4.90 Å². The largest absolute Gasteiger partial charge is 0.372 e. The second-order valence-electron chi connectivity index (χ2n) is 4.07. The number of hydrogen-bond donors (Lipinski definition) is 0. The van der Waals surface area contributed by atoms with Gasteiger partial charge in [0, 0.05) is 36.2 Å². The molecule has 1 unspecified atom stereocenters. The summed E-state index contributed by atoms with van der Waals surface area (Å²) < 4.78 is 0. The van der Waals surface area contributed by atoms with Crippen molar-refractivity contribution in [2.24, 2.45) is 0 Å². The molecule has 0 aliphatic carbocycles. The minimum Gasteiger partial charge on any atom is -0.372 e. The molecular formula is C12H17BrN2O2. The molecule has 4 nitrogen and oxygen atoms in total. The van der Waals surface area contributed by atoms with Gasteiger partial charge in [0.25, 0.3) is 5.69 Å². The molecule has 1 aromatic rings. The van der Waals surface area contributed by atoms with Crippen molar-refractivity contribution >= 4 is 27.3 Å². The highest BCUT2D eigenvalue weighted by molar-refractivity contribution is 9.08. The Labute approximate surface area is 110 Å². The summed E-state index contributed by atoms with van der Waals surface area (Å²) in [6.07, 6.45) is 1.04. The van der Waals surface area contributed by atoms with Crippen molar-refractivity contribution in [3.63, 3.8) is 0 Å². The molecule has 0 saturated heterocycles. The molecule has 0 bridgehead atoms. The lowest BCUT2D eigenvalue weighted by atomic mass is 10.1. The fraction of sp³-hybridized carbons (Fsp3) is 0.500. The van der Waals surface area contributed by atoms with Gasteiger partial charge in [-0.15, -0.1) is 0 Å². The van der Waals surface area contributed by atoms with Crippen LogP contribution >= 0.6 is 15.9 Å². The third kappa shape index (κ3) is 3.19. The molecule has 1 aromatic carbocycles. The van der Waals surface area contributed by atoms with Crippen molar-refractivity contribution in [1.29, 1.82) is 0 Å². The van der Waals surface area contributed by atoms with Gasteiger partial charge in [0.05, 0.1) is 4.92 Å². The fourth-order valence-corrected chi connectivity index (χ4v) is 2.10. The monoisotopic (exact) mass is 300 g/mol. The number of alkyl halides is 1. The lowest BCUT2D eigenvalue weighted by Gasteiger charge is -2.27. The molecule has 0 aliphatic rings. The summed E-state index contributed by atoms with van der Waals surface area (Å²) in [5.74, 6) is 0. The molecule has 0 N–H and O–H groups in total. The molecule has 0 aromatic heterocycles. The van der Waals surface area contributed by atoms with Crippen LogP contribution in [0, 0.1) is 10.1 Å². The molecule has 0 aliphatic heterocycles. The van der Waals surface area contributed by atoms with Gasteiger partial charge in [0.2, 0.25) is 0 Å². The summed E-state index contributed by atoms with van der Waals surface area (Å²) in [5.41, 5.74) is 2.13. The first-order valence-electron chi connectivity index (χ1n) is 5.57. The first-order valence-corrected chi connectivity index (χ1v) is 6.69. The number of anilines is 1. The highest BCUT2D eigenvalue weighted by Gasteiger charge is 2.15. The number of rotatable bonds is 5. The number of hydrogen-bond acceptors (Lipinski definition) is 3. The molecule has 0 saturated carbocycles. The van der Waals surface area contributed by atoms with Gasteiger partial charge < -0.3 is 4.90 Å². The predicted molar refractivity (Wildman–Crippen MR) is 73.9 cm³/mol. The topological polar surface area (TPSA) is 46.4 Å². The zero-order chi connectivity index (χ0) is 13.0. The summed E-state index contributed by atoms with van der Waals surface area (Å²) >= 11 is 3.38. The summed E-state index contributed by atoms with van der Waals surface area (Å²) in [5, 5.41) is 11.3. The molecule has 5 heteroatoms. The maximum Gasteiger partial charge on any atom is 0.269 e. The second-order valence-corrected chi connectivity index (χ2v) is 4.63. The maximum atomic E-state index is 10.7. The van der Waals surface area contributed by atoms with Crippen molar-refractivity contribution in [3.05, 3.63) is 33.9 Å². The van der Waals surface area contributed by atoms with Crippen LogP contribution in [-0.2, 0) is 5.33 Å². The number of nitrogens with zero attached hydrogens (tertiary/aromatic N) is 2. The highest BCUT2D eigenvalue weighted by atomic mass is 79.9. The Kier molecular flexibility index (Phi) is 4.93. The van der Waals surface area contributed by atoms with E-state index < -0.39 is 0 Å². The van der Waals surface area contributed by atoms with E-state index in [4.69, 9.17) is 0 Å². The van der Waals surface area contributed by atoms with E-state index >= 15 is 0 Å². The molecule has 1 atom stereocenters. The molecule has 0 amide bonds. The fourth-order valence-electron chi connectivity index (χ4n) is 1.65. The van der Waals surface area contributed by atoms with Crippen LogP contribution in [-0.4, -0.2) is 18.0 Å². The van der Waals surface area contributed by atoms with Crippen LogP contribution in [0.2, 0.25) is 0 Å². The molecule has 94 valence electrons. The van der Waals surface area contributed by atoms with Gasteiger partial charge in [-0.3, -0.25) is 10.1 Å². The minimum absolute atomic E-state index is 0.140. The van der Waals surface area contributed by atoms with E-state index in [1.807, 2.05) is 13.1 Å². The van der Waals surface area contributed by atoms with Crippen molar-refractivity contribution in [3.8, 4) is 0 Å². The van der Waals surface area contributed by atoms with Crippen LogP contribution in [0.5, 0.6) is 0 Å². The average Bonchev–Trinajstić information content (AvgIpc) is 2.35. The van der Waals surface area contributed by atoms with Gasteiger partial charge in [0.1, 0.15) is 0 Å². The molecule has 17 heavy (non-hydrogen) atoms. The number of halogens is 1. The maximum absolute atomic E-state index is 10.7. The Morgan fingerprint density at radius 2 is 2.18 bits per heavy atom. The Morgan fingerprint density at radius 1 is 1.53 bits per heavy atom. The Bertz CT molecular complexity index is 409. The van der Waals surface area contributed by atoms with E-state index in [1.165, 1.54) is 0 Å². The average molecular weight is 301 g/mol. The van der Waals surface area contributed by atoms with Crippen molar-refractivity contribution in [2.45, 2.75) is 31.6 Å². The minimum atomic E-state index is -0.362. The number of benzene rings is 1. The lowest BCUT2D eigenvalue weighted by molar-refractivity contribution is -0.384. The van der Waals surface area contributed by atoms with E-state index in [-0.39, 0.29) is 10.6 Å². The SMILES string of the molecule is CCC(C)N(C)c1ccc([N+](=O)[O-])cc1CBr. The summed E-state index contributed by atoms with van der Waals surface area (Å²) in [7, 11) is 2.02. The van der Waals surface area contributed by atoms with Gasteiger partial charge in [-0.1, -0.05) is 22.9 Å². The summed E-state index contributed by atoms with van der Waals surface area (Å²) in [6.45, 7) is 4.26. The zero-order valence-electron chi connectivity index (χ0n) is 10.3. The molecule has 0 fully saturated rings.